The molecule has 2 heterocycles. The van der Waals surface area contributed by atoms with Crippen LogP contribution in [0.15, 0.2) is 60.8 Å². The molecule has 26 heavy (non-hydrogen) atoms. The molecule has 0 bridgehead atoms. The lowest BCUT2D eigenvalue weighted by Crippen LogP contribution is -2.32. The predicted molar refractivity (Wildman–Crippen MR) is 97.0 cm³/mol. The zero-order chi connectivity index (χ0) is 17.8. The first-order valence-electron chi connectivity index (χ1n) is 8.50. The number of H-pyrrole nitrogens is 1. The largest absolute Gasteiger partial charge is 0.491 e. The van der Waals surface area contributed by atoms with Gasteiger partial charge in [0.25, 0.3) is 0 Å². The molecule has 3 aromatic rings. The fourth-order valence-electron chi connectivity index (χ4n) is 2.87. The fraction of sp³-hybridized carbons (Fsp3) is 0.200. The molecular weight excluding hydrogens is 330 g/mol. The van der Waals surface area contributed by atoms with Crippen LogP contribution in [0.25, 0.3) is 11.3 Å². The number of aromatic amines is 1. The van der Waals surface area contributed by atoms with Gasteiger partial charge in [-0.05, 0) is 41.3 Å². The van der Waals surface area contributed by atoms with E-state index in [-0.39, 0.29) is 12.1 Å². The molecule has 0 saturated carbocycles. The van der Waals surface area contributed by atoms with Gasteiger partial charge >= 0.3 is 6.09 Å². The number of amides is 1. The van der Waals surface area contributed by atoms with Crippen molar-refractivity contribution in [1.82, 2.24) is 15.5 Å². The monoisotopic (exact) mass is 349 g/mol. The fourth-order valence-corrected chi connectivity index (χ4v) is 2.87. The molecule has 0 unspecified atom stereocenters. The van der Waals surface area contributed by atoms with Crippen molar-refractivity contribution in [2.75, 3.05) is 13.2 Å². The van der Waals surface area contributed by atoms with E-state index in [1.165, 1.54) is 11.1 Å². The van der Waals surface area contributed by atoms with Crippen LogP contribution in [0.1, 0.15) is 11.1 Å². The summed E-state index contributed by atoms with van der Waals surface area (Å²) in [5.74, 6) is 0.782. The Kier molecular flexibility index (Phi) is 4.55. The Morgan fingerprint density at radius 1 is 1.04 bits per heavy atom. The van der Waals surface area contributed by atoms with Gasteiger partial charge < -0.3 is 14.8 Å². The first kappa shape index (κ1) is 16.2. The van der Waals surface area contributed by atoms with E-state index >= 15 is 0 Å². The normalized spacial score (nSPS) is 16.2. The molecule has 2 aromatic carbocycles. The standard InChI is InChI=1S/C20H19N3O3/c24-20-22-17(13-26-20)12-25-18-7-3-15(4-8-18)11-14-1-5-16(6-2-14)19-9-10-21-23-19/h1-10,17H,11-13H2,(H,21,23)(H,22,24)/t17-/m0/s1. The highest BCUT2D eigenvalue weighted by Crippen LogP contribution is 2.20. The molecule has 0 spiro atoms. The zero-order valence-corrected chi connectivity index (χ0v) is 14.1. The molecule has 1 atom stereocenters. The van der Waals surface area contributed by atoms with Gasteiger partial charge in [-0.2, -0.15) is 5.10 Å². The number of rotatable bonds is 6. The summed E-state index contributed by atoms with van der Waals surface area (Å²) in [6.45, 7) is 0.756. The van der Waals surface area contributed by atoms with Crippen LogP contribution in [0.2, 0.25) is 0 Å². The second-order valence-corrected chi connectivity index (χ2v) is 6.24. The molecule has 1 fully saturated rings. The average Bonchev–Trinajstić information content (AvgIpc) is 3.34. The lowest BCUT2D eigenvalue weighted by Gasteiger charge is -2.10. The molecule has 1 saturated heterocycles. The maximum atomic E-state index is 11.0. The lowest BCUT2D eigenvalue weighted by molar-refractivity contribution is 0.174. The quantitative estimate of drug-likeness (QED) is 0.717. The Bertz CT molecular complexity index is 858. The molecular formula is C20H19N3O3. The number of hydrogen-bond acceptors (Lipinski definition) is 4. The summed E-state index contributed by atoms with van der Waals surface area (Å²) in [7, 11) is 0. The first-order chi connectivity index (χ1) is 12.8. The molecule has 6 heteroatoms. The minimum atomic E-state index is -0.382. The average molecular weight is 349 g/mol. The number of ether oxygens (including phenoxy) is 2. The van der Waals surface area contributed by atoms with Gasteiger partial charge in [0.15, 0.2) is 0 Å². The van der Waals surface area contributed by atoms with Crippen LogP contribution in [-0.4, -0.2) is 35.5 Å². The molecule has 0 radical (unpaired) electrons. The number of hydrogen-bond donors (Lipinski definition) is 2. The Morgan fingerprint density at radius 3 is 2.38 bits per heavy atom. The molecule has 1 aliphatic heterocycles. The molecule has 0 aliphatic carbocycles. The molecule has 1 aromatic heterocycles. The summed E-state index contributed by atoms with van der Waals surface area (Å²) < 4.78 is 10.5. The van der Waals surface area contributed by atoms with Crippen molar-refractivity contribution in [2.45, 2.75) is 12.5 Å². The number of nitrogens with one attached hydrogen (secondary N) is 2. The number of alkyl carbamates (subject to hydrolysis) is 1. The third kappa shape index (κ3) is 3.85. The van der Waals surface area contributed by atoms with E-state index < -0.39 is 0 Å². The highest BCUT2D eigenvalue weighted by molar-refractivity contribution is 5.69. The van der Waals surface area contributed by atoms with E-state index in [0.29, 0.717) is 13.2 Å². The third-order valence-electron chi connectivity index (χ3n) is 4.29. The predicted octanol–water partition coefficient (Wildman–Crippen LogP) is 3.15. The summed E-state index contributed by atoms with van der Waals surface area (Å²) in [5, 5.41) is 9.64. The zero-order valence-electron chi connectivity index (χ0n) is 14.1. The van der Waals surface area contributed by atoms with Crippen LogP contribution >= 0.6 is 0 Å². The summed E-state index contributed by atoms with van der Waals surface area (Å²) in [4.78, 5) is 11.0. The van der Waals surface area contributed by atoms with E-state index in [1.54, 1.807) is 6.20 Å². The van der Waals surface area contributed by atoms with Gasteiger partial charge in [-0.25, -0.2) is 4.79 Å². The maximum Gasteiger partial charge on any atom is 0.407 e. The summed E-state index contributed by atoms with van der Waals surface area (Å²) in [5.41, 5.74) is 4.59. The molecule has 6 nitrogen and oxygen atoms in total. The van der Waals surface area contributed by atoms with Crippen LogP contribution in [0.5, 0.6) is 5.75 Å². The van der Waals surface area contributed by atoms with Crippen LogP contribution in [-0.2, 0) is 11.2 Å². The van der Waals surface area contributed by atoms with Crippen molar-refractivity contribution in [3.63, 3.8) is 0 Å². The second kappa shape index (κ2) is 7.31. The highest BCUT2D eigenvalue weighted by Gasteiger charge is 2.22. The Labute approximate surface area is 151 Å². The van der Waals surface area contributed by atoms with Crippen molar-refractivity contribution >= 4 is 6.09 Å². The van der Waals surface area contributed by atoms with E-state index in [2.05, 4.69) is 51.9 Å². The number of carbonyl (C=O) groups excluding carboxylic acids is 1. The van der Waals surface area contributed by atoms with Gasteiger partial charge in [0.2, 0.25) is 0 Å². The Balaban J connectivity index is 1.33. The second-order valence-electron chi connectivity index (χ2n) is 6.24. The van der Waals surface area contributed by atoms with Gasteiger partial charge in [-0.1, -0.05) is 36.4 Å². The first-order valence-corrected chi connectivity index (χ1v) is 8.50. The van der Waals surface area contributed by atoms with Crippen molar-refractivity contribution in [3.8, 4) is 17.0 Å². The van der Waals surface area contributed by atoms with Crippen LogP contribution in [0.4, 0.5) is 4.79 Å². The van der Waals surface area contributed by atoms with Crippen LogP contribution < -0.4 is 10.1 Å². The minimum Gasteiger partial charge on any atom is -0.491 e. The van der Waals surface area contributed by atoms with Gasteiger partial charge in [0, 0.05) is 6.20 Å². The van der Waals surface area contributed by atoms with Gasteiger partial charge in [-0.15, -0.1) is 0 Å². The third-order valence-corrected chi connectivity index (χ3v) is 4.29. The molecule has 1 aliphatic rings. The van der Waals surface area contributed by atoms with Gasteiger partial charge in [-0.3, -0.25) is 5.10 Å². The smallest absolute Gasteiger partial charge is 0.407 e. The van der Waals surface area contributed by atoms with Crippen molar-refractivity contribution in [2.24, 2.45) is 0 Å². The minimum absolute atomic E-state index is 0.0874. The molecule has 1 amide bonds. The summed E-state index contributed by atoms with van der Waals surface area (Å²) >= 11 is 0. The molecule has 4 rings (SSSR count). The van der Waals surface area contributed by atoms with Gasteiger partial charge in [0.1, 0.15) is 25.0 Å². The summed E-state index contributed by atoms with van der Waals surface area (Å²) in [6, 6.07) is 18.3. The maximum absolute atomic E-state index is 11.0. The van der Waals surface area contributed by atoms with Gasteiger partial charge in [0.05, 0.1) is 5.69 Å². The van der Waals surface area contributed by atoms with E-state index in [4.69, 9.17) is 9.47 Å². The van der Waals surface area contributed by atoms with E-state index in [1.807, 2.05) is 18.2 Å². The number of carbonyl (C=O) groups is 1. The number of benzene rings is 2. The lowest BCUT2D eigenvalue weighted by atomic mass is 10.0. The Hall–Kier alpha value is -3.28. The van der Waals surface area contributed by atoms with E-state index in [9.17, 15) is 4.79 Å². The van der Waals surface area contributed by atoms with Crippen molar-refractivity contribution in [1.29, 1.82) is 0 Å². The summed E-state index contributed by atoms with van der Waals surface area (Å²) in [6.07, 6.45) is 2.23. The van der Waals surface area contributed by atoms with Crippen LogP contribution in [0.3, 0.4) is 0 Å². The van der Waals surface area contributed by atoms with Crippen molar-refractivity contribution in [3.05, 3.63) is 71.9 Å². The number of nitrogens with zero attached hydrogens (tertiary/aromatic N) is 1. The number of cyclic esters (lactones) is 1. The number of aromatic nitrogens is 2. The topological polar surface area (TPSA) is 76.2 Å². The van der Waals surface area contributed by atoms with Crippen molar-refractivity contribution < 1.29 is 14.3 Å². The molecule has 2 N–H and O–H groups in total. The molecule has 132 valence electrons. The Morgan fingerprint density at radius 2 is 1.77 bits per heavy atom. The van der Waals surface area contributed by atoms with E-state index in [0.717, 1.165) is 23.4 Å². The highest BCUT2D eigenvalue weighted by atomic mass is 16.6. The van der Waals surface area contributed by atoms with Crippen LogP contribution in [0, 0.1) is 0 Å². The SMILES string of the molecule is O=C1N[C@@H](COc2ccc(Cc3ccc(-c4ccn[nH]4)cc3)cc2)CO1.